The highest BCUT2D eigenvalue weighted by Crippen LogP contribution is 2.40. The van der Waals surface area contributed by atoms with E-state index in [-0.39, 0.29) is 17.7 Å². The van der Waals surface area contributed by atoms with Gasteiger partial charge in [0.25, 0.3) is 0 Å². The van der Waals surface area contributed by atoms with Crippen molar-refractivity contribution < 1.29 is 9.50 Å². The minimum absolute atomic E-state index is 0.0788. The number of halogens is 1. The minimum Gasteiger partial charge on any atom is -0.492 e. The van der Waals surface area contributed by atoms with E-state index in [4.69, 9.17) is 0 Å². The van der Waals surface area contributed by atoms with Crippen LogP contribution < -0.4 is 4.90 Å². The maximum Gasteiger partial charge on any atom is 0.230 e. The average molecular weight is 466 g/mol. The summed E-state index contributed by atoms with van der Waals surface area (Å²) < 4.78 is 14.9. The first-order chi connectivity index (χ1) is 16.1. The number of aromatic nitrogens is 3. The highest BCUT2D eigenvalue weighted by atomic mass is 32.1. The van der Waals surface area contributed by atoms with E-state index in [1.54, 1.807) is 4.52 Å². The van der Waals surface area contributed by atoms with Gasteiger partial charge < -0.3 is 10.0 Å². The number of benzene rings is 2. The molecule has 0 aliphatic carbocycles. The fourth-order valence-corrected chi connectivity index (χ4v) is 5.61. The van der Waals surface area contributed by atoms with Crippen molar-refractivity contribution in [3.05, 3.63) is 76.2 Å². The van der Waals surface area contributed by atoms with Crippen LogP contribution in [0.1, 0.15) is 41.7 Å². The predicted molar refractivity (Wildman–Crippen MR) is 130 cm³/mol. The Labute approximate surface area is 196 Å². The first-order valence-electron chi connectivity index (χ1n) is 11.5. The molecule has 0 amide bonds. The third kappa shape index (κ3) is 4.20. The van der Waals surface area contributed by atoms with Crippen molar-refractivity contribution >= 4 is 22.0 Å². The summed E-state index contributed by atoms with van der Waals surface area (Å²) in [6.07, 6.45) is 1.72. The van der Waals surface area contributed by atoms with E-state index < -0.39 is 0 Å². The van der Waals surface area contributed by atoms with Crippen LogP contribution in [0, 0.1) is 5.82 Å². The van der Waals surface area contributed by atoms with Crippen molar-refractivity contribution in [2.45, 2.75) is 32.7 Å². The summed E-state index contributed by atoms with van der Waals surface area (Å²) in [5, 5.41) is 15.6. The molecule has 1 aliphatic heterocycles. The van der Waals surface area contributed by atoms with Crippen LogP contribution in [0.2, 0.25) is 0 Å². The van der Waals surface area contributed by atoms with Gasteiger partial charge in [-0.25, -0.2) is 9.37 Å². The zero-order chi connectivity index (χ0) is 22.9. The Bertz CT molecular complexity index is 1230. The van der Waals surface area contributed by atoms with Crippen molar-refractivity contribution in [2.75, 3.05) is 31.1 Å². The lowest BCUT2D eigenvalue weighted by Gasteiger charge is -2.40. The van der Waals surface area contributed by atoms with Crippen molar-refractivity contribution in [1.29, 1.82) is 0 Å². The van der Waals surface area contributed by atoms with Gasteiger partial charge in [0.2, 0.25) is 10.8 Å². The molecule has 1 saturated heterocycles. The van der Waals surface area contributed by atoms with Crippen LogP contribution in [0.5, 0.6) is 5.88 Å². The summed E-state index contributed by atoms with van der Waals surface area (Å²) in [6.45, 7) is 7.47. The minimum atomic E-state index is -0.217. The Kier molecular flexibility index (Phi) is 6.03. The molecule has 5 rings (SSSR count). The molecule has 0 unspecified atom stereocenters. The van der Waals surface area contributed by atoms with Gasteiger partial charge in [0.15, 0.2) is 5.82 Å². The van der Waals surface area contributed by atoms with Crippen LogP contribution in [0.25, 0.3) is 4.96 Å². The summed E-state index contributed by atoms with van der Waals surface area (Å²) in [5.74, 6) is 0.693. The highest BCUT2D eigenvalue weighted by molar-refractivity contribution is 7.17. The average Bonchev–Trinajstić information content (AvgIpc) is 3.40. The molecule has 8 heteroatoms. The number of rotatable bonds is 6. The molecule has 3 heterocycles. The largest absolute Gasteiger partial charge is 0.492 e. The Hall–Kier alpha value is -2.97. The SMILES string of the molecule is CCc1ccc([C@H](c2sc3nc(CC)nn3c2O)N2CCN(c3ccc(F)cc3)CC2)cc1. The number of hydrogen-bond acceptors (Lipinski definition) is 6. The van der Waals surface area contributed by atoms with Gasteiger partial charge in [-0.15, -0.1) is 5.10 Å². The van der Waals surface area contributed by atoms with Gasteiger partial charge >= 0.3 is 0 Å². The lowest BCUT2D eigenvalue weighted by molar-refractivity contribution is 0.211. The third-order valence-corrected chi connectivity index (χ3v) is 7.46. The van der Waals surface area contributed by atoms with Gasteiger partial charge in [0.1, 0.15) is 5.82 Å². The molecule has 1 N–H and O–H groups in total. The van der Waals surface area contributed by atoms with Crippen molar-refractivity contribution in [2.24, 2.45) is 0 Å². The first kappa shape index (κ1) is 21.9. The molecular formula is C25H28FN5OS. The van der Waals surface area contributed by atoms with Crippen molar-refractivity contribution in [3.8, 4) is 5.88 Å². The number of anilines is 1. The van der Waals surface area contributed by atoms with E-state index in [0.29, 0.717) is 0 Å². The zero-order valence-electron chi connectivity index (χ0n) is 18.9. The zero-order valence-corrected chi connectivity index (χ0v) is 19.7. The maximum atomic E-state index is 13.3. The van der Waals surface area contributed by atoms with Crippen LogP contribution >= 0.6 is 11.3 Å². The lowest BCUT2D eigenvalue weighted by atomic mass is 10.0. The molecule has 4 aromatic rings. The van der Waals surface area contributed by atoms with Gasteiger partial charge in [-0.05, 0) is 41.8 Å². The highest BCUT2D eigenvalue weighted by Gasteiger charge is 2.31. The molecule has 1 aliphatic rings. The molecule has 172 valence electrons. The lowest BCUT2D eigenvalue weighted by Crippen LogP contribution is -2.47. The molecule has 2 aromatic heterocycles. The summed E-state index contributed by atoms with van der Waals surface area (Å²) >= 11 is 1.51. The number of aryl methyl sites for hydroxylation is 2. The molecule has 1 atom stereocenters. The number of piperazine rings is 1. The quantitative estimate of drug-likeness (QED) is 0.448. The number of thiazole rings is 1. The Balaban J connectivity index is 1.46. The van der Waals surface area contributed by atoms with Crippen LogP contribution in [-0.4, -0.2) is 50.8 Å². The monoisotopic (exact) mass is 465 g/mol. The summed E-state index contributed by atoms with van der Waals surface area (Å²) in [7, 11) is 0. The van der Waals surface area contributed by atoms with Crippen LogP contribution in [0.3, 0.4) is 0 Å². The van der Waals surface area contributed by atoms with Crippen LogP contribution in [0.15, 0.2) is 48.5 Å². The Morgan fingerprint density at radius 3 is 2.27 bits per heavy atom. The van der Waals surface area contributed by atoms with Crippen LogP contribution in [0.4, 0.5) is 10.1 Å². The van der Waals surface area contributed by atoms with Gasteiger partial charge in [0.05, 0.1) is 10.9 Å². The number of hydrogen-bond donors (Lipinski definition) is 1. The van der Waals surface area contributed by atoms with E-state index in [0.717, 1.165) is 65.9 Å². The maximum absolute atomic E-state index is 13.3. The Morgan fingerprint density at radius 1 is 0.970 bits per heavy atom. The molecule has 0 saturated carbocycles. The smallest absolute Gasteiger partial charge is 0.230 e. The number of fused-ring (bicyclic) bond motifs is 1. The van der Waals surface area contributed by atoms with Gasteiger partial charge in [-0.1, -0.05) is 49.4 Å². The van der Waals surface area contributed by atoms with E-state index >= 15 is 0 Å². The second-order valence-electron chi connectivity index (χ2n) is 8.36. The summed E-state index contributed by atoms with van der Waals surface area (Å²) in [4.78, 5) is 10.9. The van der Waals surface area contributed by atoms with E-state index in [2.05, 4.69) is 51.1 Å². The summed E-state index contributed by atoms with van der Waals surface area (Å²) in [5.41, 5.74) is 3.48. The normalized spacial score (nSPS) is 15.9. The fourth-order valence-electron chi connectivity index (χ4n) is 4.47. The van der Waals surface area contributed by atoms with Crippen LogP contribution in [-0.2, 0) is 12.8 Å². The summed E-state index contributed by atoms with van der Waals surface area (Å²) in [6, 6.07) is 15.3. The first-order valence-corrected chi connectivity index (χ1v) is 12.3. The molecule has 0 spiro atoms. The molecule has 33 heavy (non-hydrogen) atoms. The molecule has 0 bridgehead atoms. The van der Waals surface area contributed by atoms with Crippen molar-refractivity contribution in [1.82, 2.24) is 19.5 Å². The molecule has 6 nitrogen and oxygen atoms in total. The molecule has 0 radical (unpaired) electrons. The van der Waals surface area contributed by atoms with Gasteiger partial charge in [-0.3, -0.25) is 4.90 Å². The van der Waals surface area contributed by atoms with E-state index in [1.165, 1.54) is 29.0 Å². The van der Waals surface area contributed by atoms with Gasteiger partial charge in [-0.2, -0.15) is 4.52 Å². The number of nitrogens with zero attached hydrogens (tertiary/aromatic N) is 5. The fraction of sp³-hybridized carbons (Fsp3) is 0.360. The standard InChI is InChI=1S/C25H28FN5OS/c1-3-17-5-7-18(8-6-17)22(23-24(32)31-25(33-23)27-21(4-2)28-31)30-15-13-29(14-16-30)20-11-9-19(26)10-12-20/h5-12,22,32H,3-4,13-16H2,1-2H3/t22-/m1/s1. The molecule has 1 fully saturated rings. The van der Waals surface area contributed by atoms with Gasteiger partial charge in [0, 0.05) is 38.3 Å². The predicted octanol–water partition coefficient (Wildman–Crippen LogP) is 4.67. The third-order valence-electron chi connectivity index (χ3n) is 6.38. The molecule has 2 aromatic carbocycles. The number of aromatic hydroxyl groups is 1. The topological polar surface area (TPSA) is 56.9 Å². The van der Waals surface area contributed by atoms with E-state index in [9.17, 15) is 9.50 Å². The van der Waals surface area contributed by atoms with E-state index in [1.807, 2.05) is 19.1 Å². The van der Waals surface area contributed by atoms with Crippen molar-refractivity contribution in [3.63, 3.8) is 0 Å². The second-order valence-corrected chi connectivity index (χ2v) is 9.37. The molecular weight excluding hydrogens is 437 g/mol. The second kappa shape index (κ2) is 9.11. The Morgan fingerprint density at radius 2 is 1.67 bits per heavy atom.